The summed E-state index contributed by atoms with van der Waals surface area (Å²) >= 11 is 3.31. The van der Waals surface area contributed by atoms with Gasteiger partial charge in [0.1, 0.15) is 5.82 Å². The lowest BCUT2D eigenvalue weighted by molar-refractivity contribution is -0.117. The maximum Gasteiger partial charge on any atom is 0.239 e. The minimum atomic E-state index is -0.0149. The van der Waals surface area contributed by atoms with Crippen LogP contribution in [0.2, 0.25) is 0 Å². The van der Waals surface area contributed by atoms with Crippen LogP contribution in [0.25, 0.3) is 0 Å². The molecular formula is C12H17BrN4O. The number of carbonyl (C=O) groups excluding carboxylic acids is 1. The van der Waals surface area contributed by atoms with Crippen molar-refractivity contribution < 1.29 is 4.79 Å². The number of aromatic nitrogens is 1. The number of hydrogen-bond acceptors (Lipinski definition) is 4. The highest BCUT2D eigenvalue weighted by atomic mass is 79.9. The number of nitrogens with zero attached hydrogens (tertiary/aromatic N) is 2. The Morgan fingerprint density at radius 2 is 2.50 bits per heavy atom. The van der Waals surface area contributed by atoms with Gasteiger partial charge < -0.3 is 10.6 Å². The third-order valence-electron chi connectivity index (χ3n) is 2.81. The van der Waals surface area contributed by atoms with Gasteiger partial charge >= 0.3 is 0 Å². The molecule has 1 atom stereocenters. The Morgan fingerprint density at radius 1 is 1.67 bits per heavy atom. The number of nitrogens with one attached hydrogen (secondary N) is 2. The summed E-state index contributed by atoms with van der Waals surface area (Å²) in [5.41, 5.74) is 0. The standard InChI is InChI=1S/C12H17BrN4O/c1-9-7-17(5-4-14-9)8-12(18)16-11-3-2-10(13)6-15-11/h2-3,6,9,14H,4-5,7-8H2,1H3,(H,15,16,18)/t9-/m1/s1. The zero-order valence-corrected chi connectivity index (χ0v) is 11.9. The van der Waals surface area contributed by atoms with E-state index >= 15 is 0 Å². The van der Waals surface area contributed by atoms with Crippen molar-refractivity contribution in [3.8, 4) is 0 Å². The Balaban J connectivity index is 1.83. The molecule has 2 heterocycles. The van der Waals surface area contributed by atoms with Crippen LogP contribution in [0.4, 0.5) is 5.82 Å². The van der Waals surface area contributed by atoms with Crippen molar-refractivity contribution in [1.82, 2.24) is 15.2 Å². The van der Waals surface area contributed by atoms with Crippen LogP contribution in [0.1, 0.15) is 6.92 Å². The van der Waals surface area contributed by atoms with Crippen LogP contribution in [0.5, 0.6) is 0 Å². The number of rotatable bonds is 3. The van der Waals surface area contributed by atoms with E-state index in [2.05, 4.69) is 43.4 Å². The van der Waals surface area contributed by atoms with Crippen molar-refractivity contribution >= 4 is 27.7 Å². The zero-order chi connectivity index (χ0) is 13.0. The second-order valence-electron chi connectivity index (χ2n) is 4.50. The van der Waals surface area contributed by atoms with Gasteiger partial charge in [0.25, 0.3) is 0 Å². The highest BCUT2D eigenvalue weighted by molar-refractivity contribution is 9.10. The molecule has 2 rings (SSSR count). The van der Waals surface area contributed by atoms with Gasteiger partial charge in [-0.25, -0.2) is 4.98 Å². The average molecular weight is 313 g/mol. The van der Waals surface area contributed by atoms with Crippen LogP contribution in [0, 0.1) is 0 Å². The first-order chi connectivity index (χ1) is 8.63. The smallest absolute Gasteiger partial charge is 0.239 e. The molecule has 0 aromatic carbocycles. The summed E-state index contributed by atoms with van der Waals surface area (Å²) in [5.74, 6) is 0.574. The summed E-state index contributed by atoms with van der Waals surface area (Å²) in [4.78, 5) is 18.1. The lowest BCUT2D eigenvalue weighted by Gasteiger charge is -2.31. The van der Waals surface area contributed by atoms with Crippen LogP contribution in [0.15, 0.2) is 22.8 Å². The second-order valence-corrected chi connectivity index (χ2v) is 5.42. The van der Waals surface area contributed by atoms with E-state index in [0.717, 1.165) is 24.1 Å². The summed E-state index contributed by atoms with van der Waals surface area (Å²) in [5, 5.41) is 6.15. The maximum atomic E-state index is 11.8. The third kappa shape index (κ3) is 4.04. The molecule has 1 amide bonds. The van der Waals surface area contributed by atoms with E-state index in [0.29, 0.717) is 18.4 Å². The van der Waals surface area contributed by atoms with Crippen LogP contribution in [-0.4, -0.2) is 48.0 Å². The summed E-state index contributed by atoms with van der Waals surface area (Å²) < 4.78 is 0.899. The van der Waals surface area contributed by atoms with Crippen molar-refractivity contribution in [3.63, 3.8) is 0 Å². The number of amides is 1. The van der Waals surface area contributed by atoms with E-state index in [-0.39, 0.29) is 5.91 Å². The largest absolute Gasteiger partial charge is 0.312 e. The van der Waals surface area contributed by atoms with Gasteiger partial charge in [0.2, 0.25) is 5.91 Å². The molecule has 2 N–H and O–H groups in total. The maximum absolute atomic E-state index is 11.8. The first-order valence-corrected chi connectivity index (χ1v) is 6.80. The fraction of sp³-hybridized carbons (Fsp3) is 0.500. The number of carbonyl (C=O) groups is 1. The fourth-order valence-corrected chi connectivity index (χ4v) is 2.23. The first-order valence-electron chi connectivity index (χ1n) is 6.00. The van der Waals surface area contributed by atoms with Gasteiger partial charge in [-0.3, -0.25) is 9.69 Å². The molecule has 6 heteroatoms. The van der Waals surface area contributed by atoms with E-state index in [4.69, 9.17) is 0 Å². The molecule has 0 radical (unpaired) electrons. The van der Waals surface area contributed by atoms with E-state index in [9.17, 15) is 4.79 Å². The van der Waals surface area contributed by atoms with Crippen LogP contribution in [0.3, 0.4) is 0 Å². The van der Waals surface area contributed by atoms with Gasteiger partial charge in [0.15, 0.2) is 0 Å². The van der Waals surface area contributed by atoms with Gasteiger partial charge in [-0.2, -0.15) is 0 Å². The molecule has 0 bridgehead atoms. The molecule has 0 unspecified atom stereocenters. The molecule has 18 heavy (non-hydrogen) atoms. The SMILES string of the molecule is C[C@@H]1CN(CC(=O)Nc2ccc(Br)cn2)CCN1. The van der Waals surface area contributed by atoms with E-state index in [1.54, 1.807) is 12.3 Å². The number of pyridine rings is 1. The second kappa shape index (κ2) is 6.26. The fourth-order valence-electron chi connectivity index (χ4n) is 1.99. The van der Waals surface area contributed by atoms with Crippen molar-refractivity contribution in [2.45, 2.75) is 13.0 Å². The molecule has 1 aromatic rings. The average Bonchev–Trinajstić information content (AvgIpc) is 2.32. The monoisotopic (exact) mass is 312 g/mol. The zero-order valence-electron chi connectivity index (χ0n) is 10.3. The molecule has 1 saturated heterocycles. The van der Waals surface area contributed by atoms with Crippen molar-refractivity contribution in [2.24, 2.45) is 0 Å². The number of anilines is 1. The van der Waals surface area contributed by atoms with Gasteiger partial charge in [-0.15, -0.1) is 0 Å². The minimum Gasteiger partial charge on any atom is -0.312 e. The number of piperazine rings is 1. The lowest BCUT2D eigenvalue weighted by atomic mass is 10.2. The van der Waals surface area contributed by atoms with Gasteiger partial charge in [-0.1, -0.05) is 0 Å². The molecule has 1 aliphatic rings. The molecule has 1 fully saturated rings. The van der Waals surface area contributed by atoms with E-state index < -0.39 is 0 Å². The Labute approximate surface area is 115 Å². The minimum absolute atomic E-state index is 0.0149. The Bertz CT molecular complexity index is 409. The van der Waals surface area contributed by atoms with Gasteiger partial charge in [0.05, 0.1) is 6.54 Å². The Hall–Kier alpha value is -0.980. The molecular weight excluding hydrogens is 296 g/mol. The summed E-state index contributed by atoms with van der Waals surface area (Å²) in [6.45, 7) is 5.29. The molecule has 5 nitrogen and oxygen atoms in total. The quantitative estimate of drug-likeness (QED) is 0.877. The molecule has 0 aliphatic carbocycles. The van der Waals surface area contributed by atoms with Crippen LogP contribution >= 0.6 is 15.9 Å². The van der Waals surface area contributed by atoms with Gasteiger partial charge in [-0.05, 0) is 35.0 Å². The van der Waals surface area contributed by atoms with Crippen LogP contribution in [-0.2, 0) is 4.79 Å². The first kappa shape index (κ1) is 13.5. The highest BCUT2D eigenvalue weighted by Gasteiger charge is 2.17. The third-order valence-corrected chi connectivity index (χ3v) is 3.28. The van der Waals surface area contributed by atoms with E-state index in [1.807, 2.05) is 6.07 Å². The molecule has 1 aliphatic heterocycles. The predicted octanol–water partition coefficient (Wildman–Crippen LogP) is 1.08. The van der Waals surface area contributed by atoms with Crippen molar-refractivity contribution in [3.05, 3.63) is 22.8 Å². The van der Waals surface area contributed by atoms with Crippen LogP contribution < -0.4 is 10.6 Å². The molecule has 1 aromatic heterocycles. The molecule has 98 valence electrons. The lowest BCUT2D eigenvalue weighted by Crippen LogP contribution is -2.51. The molecule has 0 saturated carbocycles. The predicted molar refractivity (Wildman–Crippen MR) is 74.5 cm³/mol. The number of hydrogen-bond donors (Lipinski definition) is 2. The topological polar surface area (TPSA) is 57.3 Å². The van der Waals surface area contributed by atoms with Crippen molar-refractivity contribution in [1.29, 1.82) is 0 Å². The Kier molecular flexibility index (Phi) is 4.68. The normalized spacial score (nSPS) is 20.7. The molecule has 0 spiro atoms. The summed E-state index contributed by atoms with van der Waals surface area (Å²) in [6, 6.07) is 4.08. The number of halogens is 1. The highest BCUT2D eigenvalue weighted by Crippen LogP contribution is 2.10. The van der Waals surface area contributed by atoms with Crippen molar-refractivity contribution in [2.75, 3.05) is 31.5 Å². The van der Waals surface area contributed by atoms with E-state index in [1.165, 1.54) is 0 Å². The summed E-state index contributed by atoms with van der Waals surface area (Å²) in [7, 11) is 0. The van der Waals surface area contributed by atoms with Gasteiger partial charge in [0, 0.05) is 36.3 Å². The summed E-state index contributed by atoms with van der Waals surface area (Å²) in [6.07, 6.45) is 1.67. The Morgan fingerprint density at radius 3 is 3.17 bits per heavy atom.